The number of carbonyl (C=O) groups is 1. The van der Waals surface area contributed by atoms with Gasteiger partial charge in [0, 0.05) is 30.4 Å². The Morgan fingerprint density at radius 2 is 1.94 bits per heavy atom. The van der Waals surface area contributed by atoms with Crippen molar-refractivity contribution in [2.24, 2.45) is 0 Å². The second kappa shape index (κ2) is 5.42. The molecule has 3 nitrogen and oxygen atoms in total. The number of hydrogen-bond donors (Lipinski definition) is 1. The van der Waals surface area contributed by atoms with Gasteiger partial charge in [0.15, 0.2) is 0 Å². The maximum Gasteiger partial charge on any atom is 0.251 e. The minimum atomic E-state index is 0.0149. The number of hydrogen-bond acceptors (Lipinski definition) is 2. The van der Waals surface area contributed by atoms with Gasteiger partial charge in [-0.05, 0) is 57.4 Å². The van der Waals surface area contributed by atoms with E-state index in [9.17, 15) is 4.79 Å². The molecule has 18 heavy (non-hydrogen) atoms. The van der Waals surface area contributed by atoms with Crippen LogP contribution in [0.25, 0.3) is 0 Å². The fourth-order valence-electron chi connectivity index (χ4n) is 2.46. The quantitative estimate of drug-likeness (QED) is 0.889. The summed E-state index contributed by atoms with van der Waals surface area (Å²) in [5.74, 6) is 0.0149. The van der Waals surface area contributed by atoms with Gasteiger partial charge in [-0.2, -0.15) is 0 Å². The molecule has 0 aliphatic carbocycles. The van der Waals surface area contributed by atoms with E-state index in [1.165, 1.54) is 24.1 Å². The predicted octanol–water partition coefficient (Wildman–Crippen LogP) is 2.73. The van der Waals surface area contributed by atoms with Gasteiger partial charge in [0.2, 0.25) is 0 Å². The number of nitrogens with one attached hydrogen (secondary N) is 1. The van der Waals surface area contributed by atoms with Crippen LogP contribution in [0.4, 0.5) is 5.69 Å². The van der Waals surface area contributed by atoms with Gasteiger partial charge in [0.05, 0.1) is 0 Å². The SMILES string of the molecule is Cc1cc(C(=O)NC(C)C)ccc1N1CCCC1. The number of benzene rings is 1. The van der Waals surface area contributed by atoms with Gasteiger partial charge in [0.1, 0.15) is 0 Å². The van der Waals surface area contributed by atoms with Gasteiger partial charge < -0.3 is 10.2 Å². The van der Waals surface area contributed by atoms with Crippen molar-refractivity contribution in [1.82, 2.24) is 5.32 Å². The minimum Gasteiger partial charge on any atom is -0.371 e. The zero-order chi connectivity index (χ0) is 13.1. The third-order valence-corrected chi connectivity index (χ3v) is 3.33. The van der Waals surface area contributed by atoms with Crippen molar-refractivity contribution in [2.75, 3.05) is 18.0 Å². The lowest BCUT2D eigenvalue weighted by atomic mass is 10.1. The Morgan fingerprint density at radius 1 is 1.28 bits per heavy atom. The van der Waals surface area contributed by atoms with Crippen LogP contribution in [0.1, 0.15) is 42.6 Å². The zero-order valence-corrected chi connectivity index (χ0v) is 11.5. The van der Waals surface area contributed by atoms with Crippen LogP contribution in [0.5, 0.6) is 0 Å². The van der Waals surface area contributed by atoms with E-state index in [4.69, 9.17) is 0 Å². The molecule has 1 saturated heterocycles. The number of carbonyl (C=O) groups excluding carboxylic acids is 1. The molecule has 1 heterocycles. The average Bonchev–Trinajstić information content (AvgIpc) is 2.81. The standard InChI is InChI=1S/C15H22N2O/c1-11(2)16-15(18)13-6-7-14(12(3)10-13)17-8-4-5-9-17/h6-7,10-11H,4-5,8-9H2,1-3H3,(H,16,18). The molecule has 0 atom stereocenters. The van der Waals surface area contributed by atoms with Gasteiger partial charge in [-0.1, -0.05) is 0 Å². The molecule has 0 spiro atoms. The number of amides is 1. The van der Waals surface area contributed by atoms with Gasteiger partial charge >= 0.3 is 0 Å². The Hall–Kier alpha value is -1.51. The normalized spacial score (nSPS) is 15.2. The van der Waals surface area contributed by atoms with Gasteiger partial charge in [-0.3, -0.25) is 4.79 Å². The summed E-state index contributed by atoms with van der Waals surface area (Å²) in [4.78, 5) is 14.3. The molecule has 1 aliphatic heterocycles. The van der Waals surface area contributed by atoms with E-state index in [-0.39, 0.29) is 11.9 Å². The molecule has 1 amide bonds. The van der Waals surface area contributed by atoms with Gasteiger partial charge in [-0.15, -0.1) is 0 Å². The lowest BCUT2D eigenvalue weighted by Crippen LogP contribution is -2.30. The summed E-state index contributed by atoms with van der Waals surface area (Å²) in [7, 11) is 0. The van der Waals surface area contributed by atoms with E-state index >= 15 is 0 Å². The minimum absolute atomic E-state index is 0.0149. The van der Waals surface area contributed by atoms with Crippen molar-refractivity contribution in [3.8, 4) is 0 Å². The molecule has 1 fully saturated rings. The molecule has 1 aliphatic rings. The van der Waals surface area contributed by atoms with Crippen LogP contribution in [0, 0.1) is 6.92 Å². The third-order valence-electron chi connectivity index (χ3n) is 3.33. The summed E-state index contributed by atoms with van der Waals surface area (Å²) >= 11 is 0. The molecule has 0 unspecified atom stereocenters. The topological polar surface area (TPSA) is 32.3 Å². The van der Waals surface area contributed by atoms with E-state index in [0.29, 0.717) is 0 Å². The van der Waals surface area contributed by atoms with E-state index < -0.39 is 0 Å². The van der Waals surface area contributed by atoms with E-state index in [1.807, 2.05) is 26.0 Å². The zero-order valence-electron chi connectivity index (χ0n) is 11.5. The molecule has 0 bridgehead atoms. The van der Waals surface area contributed by atoms with Gasteiger partial charge in [0.25, 0.3) is 5.91 Å². The Labute approximate surface area is 109 Å². The van der Waals surface area contributed by atoms with Crippen LogP contribution in [-0.4, -0.2) is 25.0 Å². The molecular formula is C15H22N2O. The molecule has 1 N–H and O–H groups in total. The number of rotatable bonds is 3. The third kappa shape index (κ3) is 2.84. The number of nitrogens with zero attached hydrogens (tertiary/aromatic N) is 1. The lowest BCUT2D eigenvalue weighted by Gasteiger charge is -2.20. The Bertz CT molecular complexity index is 434. The lowest BCUT2D eigenvalue weighted by molar-refractivity contribution is 0.0943. The van der Waals surface area contributed by atoms with Crippen LogP contribution in [0.3, 0.4) is 0 Å². The molecule has 0 radical (unpaired) electrons. The molecule has 1 aromatic rings. The van der Waals surface area contributed by atoms with Crippen LogP contribution >= 0.6 is 0 Å². The smallest absolute Gasteiger partial charge is 0.251 e. The first kappa shape index (κ1) is 12.9. The summed E-state index contributed by atoms with van der Waals surface area (Å²) in [6, 6.07) is 6.18. The molecule has 98 valence electrons. The molecular weight excluding hydrogens is 224 g/mol. The highest BCUT2D eigenvalue weighted by atomic mass is 16.1. The Kier molecular flexibility index (Phi) is 3.90. The Morgan fingerprint density at radius 3 is 2.50 bits per heavy atom. The molecule has 3 heteroatoms. The maximum atomic E-state index is 11.9. The highest BCUT2D eigenvalue weighted by molar-refractivity contribution is 5.95. The number of anilines is 1. The monoisotopic (exact) mass is 246 g/mol. The predicted molar refractivity (Wildman–Crippen MR) is 75.2 cm³/mol. The molecule has 0 aromatic heterocycles. The van der Waals surface area contributed by atoms with E-state index in [1.54, 1.807) is 0 Å². The maximum absolute atomic E-state index is 11.9. The van der Waals surface area contributed by atoms with Crippen LogP contribution in [0.2, 0.25) is 0 Å². The first-order chi connectivity index (χ1) is 8.58. The largest absolute Gasteiger partial charge is 0.371 e. The molecule has 1 aromatic carbocycles. The fraction of sp³-hybridized carbons (Fsp3) is 0.533. The second-order valence-electron chi connectivity index (χ2n) is 5.32. The van der Waals surface area contributed by atoms with Crippen molar-refractivity contribution < 1.29 is 4.79 Å². The summed E-state index contributed by atoms with van der Waals surface area (Å²) < 4.78 is 0. The van der Waals surface area contributed by atoms with Crippen molar-refractivity contribution in [3.05, 3.63) is 29.3 Å². The van der Waals surface area contributed by atoms with E-state index in [2.05, 4.69) is 23.2 Å². The summed E-state index contributed by atoms with van der Waals surface area (Å²) in [6.45, 7) is 8.31. The van der Waals surface area contributed by atoms with Crippen LogP contribution in [0.15, 0.2) is 18.2 Å². The first-order valence-electron chi connectivity index (χ1n) is 6.74. The molecule has 2 rings (SSSR count). The van der Waals surface area contributed by atoms with E-state index in [0.717, 1.165) is 18.7 Å². The van der Waals surface area contributed by atoms with Crippen molar-refractivity contribution in [2.45, 2.75) is 39.7 Å². The summed E-state index contributed by atoms with van der Waals surface area (Å²) in [6.07, 6.45) is 2.55. The Balaban J connectivity index is 2.16. The average molecular weight is 246 g/mol. The fourth-order valence-corrected chi connectivity index (χ4v) is 2.46. The highest BCUT2D eigenvalue weighted by Crippen LogP contribution is 2.25. The summed E-state index contributed by atoms with van der Waals surface area (Å²) in [5, 5.41) is 2.92. The molecule has 0 saturated carbocycles. The van der Waals surface area contributed by atoms with Crippen LogP contribution < -0.4 is 10.2 Å². The van der Waals surface area contributed by atoms with Gasteiger partial charge in [-0.25, -0.2) is 0 Å². The second-order valence-corrected chi connectivity index (χ2v) is 5.32. The number of aryl methyl sites for hydroxylation is 1. The van der Waals surface area contributed by atoms with Crippen molar-refractivity contribution in [3.63, 3.8) is 0 Å². The summed E-state index contributed by atoms with van der Waals surface area (Å²) in [5.41, 5.74) is 3.21. The van der Waals surface area contributed by atoms with Crippen molar-refractivity contribution in [1.29, 1.82) is 0 Å². The highest BCUT2D eigenvalue weighted by Gasteiger charge is 2.15. The first-order valence-corrected chi connectivity index (χ1v) is 6.74. The van der Waals surface area contributed by atoms with Crippen LogP contribution in [-0.2, 0) is 0 Å². The van der Waals surface area contributed by atoms with Crippen molar-refractivity contribution >= 4 is 11.6 Å².